The lowest BCUT2D eigenvalue weighted by Crippen LogP contribution is -2.40. The van der Waals surface area contributed by atoms with E-state index in [9.17, 15) is 4.39 Å². The van der Waals surface area contributed by atoms with Gasteiger partial charge in [0, 0.05) is 11.5 Å². The molecule has 0 radical (unpaired) electrons. The molecule has 19 heavy (non-hydrogen) atoms. The van der Waals surface area contributed by atoms with E-state index in [0.29, 0.717) is 11.1 Å². The first kappa shape index (κ1) is 12.6. The third kappa shape index (κ3) is 2.25. The summed E-state index contributed by atoms with van der Waals surface area (Å²) in [6.07, 6.45) is 4.25. The summed E-state index contributed by atoms with van der Waals surface area (Å²) in [4.78, 5) is 4.55. The Morgan fingerprint density at radius 2 is 2.16 bits per heavy atom. The van der Waals surface area contributed by atoms with E-state index >= 15 is 0 Å². The minimum atomic E-state index is -0.262. The molecular weight excluding hydrogens is 243 g/mol. The molecule has 1 aromatic heterocycles. The monoisotopic (exact) mass is 262 g/mol. The Labute approximate surface area is 112 Å². The van der Waals surface area contributed by atoms with E-state index in [1.165, 1.54) is 12.1 Å². The summed E-state index contributed by atoms with van der Waals surface area (Å²) in [5, 5.41) is 3.38. The van der Waals surface area contributed by atoms with Crippen molar-refractivity contribution < 1.29 is 8.81 Å². The standard InChI is InChI=1S/C15H19FN2O/c1-2-5-15(6-8-17-9-7-15)14-18-12-10-11(16)3-4-13(12)19-14/h3-4,10,17H,2,5-9H2,1H3. The summed E-state index contributed by atoms with van der Waals surface area (Å²) in [5.74, 6) is 0.527. The molecule has 1 aliphatic heterocycles. The van der Waals surface area contributed by atoms with Crippen LogP contribution in [0.2, 0.25) is 0 Å². The quantitative estimate of drug-likeness (QED) is 0.921. The van der Waals surface area contributed by atoms with Crippen LogP contribution in [-0.2, 0) is 5.41 Å². The van der Waals surface area contributed by atoms with Gasteiger partial charge in [0.15, 0.2) is 5.58 Å². The van der Waals surface area contributed by atoms with Crippen molar-refractivity contribution in [3.05, 3.63) is 29.9 Å². The van der Waals surface area contributed by atoms with Gasteiger partial charge in [-0.3, -0.25) is 0 Å². The molecule has 0 atom stereocenters. The Bertz CT molecular complexity index is 567. The van der Waals surface area contributed by atoms with E-state index in [-0.39, 0.29) is 11.2 Å². The van der Waals surface area contributed by atoms with Crippen LogP contribution in [0, 0.1) is 5.82 Å². The Hall–Kier alpha value is -1.42. The minimum absolute atomic E-state index is 0.0233. The van der Waals surface area contributed by atoms with Gasteiger partial charge in [0.2, 0.25) is 5.89 Å². The van der Waals surface area contributed by atoms with E-state index < -0.39 is 0 Å². The number of piperidine rings is 1. The van der Waals surface area contributed by atoms with Crippen molar-refractivity contribution in [2.24, 2.45) is 0 Å². The van der Waals surface area contributed by atoms with E-state index in [0.717, 1.165) is 44.7 Å². The predicted octanol–water partition coefficient (Wildman–Crippen LogP) is 3.39. The molecule has 3 nitrogen and oxygen atoms in total. The van der Waals surface area contributed by atoms with E-state index in [4.69, 9.17) is 4.42 Å². The van der Waals surface area contributed by atoms with Crippen LogP contribution in [0.15, 0.2) is 22.6 Å². The van der Waals surface area contributed by atoms with Crippen LogP contribution < -0.4 is 5.32 Å². The van der Waals surface area contributed by atoms with Crippen molar-refractivity contribution in [2.75, 3.05) is 13.1 Å². The number of hydrogen-bond acceptors (Lipinski definition) is 3. The first-order valence-electron chi connectivity index (χ1n) is 7.01. The molecule has 1 fully saturated rings. The summed E-state index contributed by atoms with van der Waals surface area (Å²) < 4.78 is 19.2. The Balaban J connectivity index is 2.04. The maximum atomic E-state index is 13.2. The summed E-state index contributed by atoms with van der Waals surface area (Å²) in [6.45, 7) is 4.17. The van der Waals surface area contributed by atoms with Crippen LogP contribution >= 0.6 is 0 Å². The molecular formula is C15H19FN2O. The molecule has 0 amide bonds. The van der Waals surface area contributed by atoms with Crippen LogP contribution in [0.1, 0.15) is 38.5 Å². The third-order valence-electron chi connectivity index (χ3n) is 4.09. The molecule has 0 unspecified atom stereocenters. The molecule has 102 valence electrons. The van der Waals surface area contributed by atoms with Crippen LogP contribution in [0.5, 0.6) is 0 Å². The Morgan fingerprint density at radius 3 is 2.89 bits per heavy atom. The average molecular weight is 262 g/mol. The van der Waals surface area contributed by atoms with Crippen molar-refractivity contribution in [1.29, 1.82) is 0 Å². The fraction of sp³-hybridized carbons (Fsp3) is 0.533. The first-order valence-corrected chi connectivity index (χ1v) is 7.01. The zero-order chi connectivity index (χ0) is 13.3. The number of benzene rings is 1. The van der Waals surface area contributed by atoms with Gasteiger partial charge in [0.05, 0.1) is 0 Å². The minimum Gasteiger partial charge on any atom is -0.440 e. The highest BCUT2D eigenvalue weighted by Crippen LogP contribution is 2.38. The highest BCUT2D eigenvalue weighted by molar-refractivity contribution is 5.72. The molecule has 0 aliphatic carbocycles. The maximum absolute atomic E-state index is 13.2. The molecule has 3 rings (SSSR count). The molecule has 1 aromatic carbocycles. The van der Waals surface area contributed by atoms with Crippen LogP contribution in [0.25, 0.3) is 11.1 Å². The molecule has 0 saturated carbocycles. The molecule has 2 aromatic rings. The normalized spacial score (nSPS) is 18.8. The maximum Gasteiger partial charge on any atom is 0.201 e. The highest BCUT2D eigenvalue weighted by Gasteiger charge is 2.37. The van der Waals surface area contributed by atoms with Gasteiger partial charge in [-0.2, -0.15) is 0 Å². The second kappa shape index (κ2) is 4.93. The number of aromatic nitrogens is 1. The summed E-state index contributed by atoms with van der Waals surface area (Å²) >= 11 is 0. The second-order valence-electron chi connectivity index (χ2n) is 5.41. The fourth-order valence-corrected chi connectivity index (χ4v) is 3.08. The SMILES string of the molecule is CCCC1(c2nc3cc(F)ccc3o2)CCNCC1. The summed E-state index contributed by atoms with van der Waals surface area (Å²) in [5.41, 5.74) is 1.34. The smallest absolute Gasteiger partial charge is 0.201 e. The van der Waals surface area contributed by atoms with Crippen LogP contribution in [0.3, 0.4) is 0 Å². The molecule has 0 bridgehead atoms. The fourth-order valence-electron chi connectivity index (χ4n) is 3.08. The van der Waals surface area contributed by atoms with Crippen molar-refractivity contribution in [2.45, 2.75) is 38.0 Å². The molecule has 0 spiro atoms. The lowest BCUT2D eigenvalue weighted by Gasteiger charge is -2.34. The Morgan fingerprint density at radius 1 is 1.37 bits per heavy atom. The third-order valence-corrected chi connectivity index (χ3v) is 4.09. The molecule has 1 N–H and O–H groups in total. The van der Waals surface area contributed by atoms with Gasteiger partial charge in [-0.05, 0) is 44.5 Å². The predicted molar refractivity (Wildman–Crippen MR) is 72.7 cm³/mol. The Kier molecular flexibility index (Phi) is 3.27. The zero-order valence-electron chi connectivity index (χ0n) is 11.2. The molecule has 1 saturated heterocycles. The van der Waals surface area contributed by atoms with Crippen molar-refractivity contribution in [3.8, 4) is 0 Å². The molecule has 4 heteroatoms. The number of oxazole rings is 1. The van der Waals surface area contributed by atoms with Crippen molar-refractivity contribution in [3.63, 3.8) is 0 Å². The number of rotatable bonds is 3. The van der Waals surface area contributed by atoms with Gasteiger partial charge in [-0.25, -0.2) is 9.37 Å². The summed E-state index contributed by atoms with van der Waals surface area (Å²) in [7, 11) is 0. The van der Waals surface area contributed by atoms with Gasteiger partial charge < -0.3 is 9.73 Å². The van der Waals surface area contributed by atoms with Gasteiger partial charge in [0.1, 0.15) is 11.3 Å². The number of nitrogens with one attached hydrogen (secondary N) is 1. The van der Waals surface area contributed by atoms with E-state index in [1.54, 1.807) is 6.07 Å². The largest absolute Gasteiger partial charge is 0.440 e. The zero-order valence-corrected chi connectivity index (χ0v) is 11.2. The first-order chi connectivity index (χ1) is 9.23. The lowest BCUT2D eigenvalue weighted by molar-refractivity contribution is 0.234. The van der Waals surface area contributed by atoms with Crippen molar-refractivity contribution in [1.82, 2.24) is 10.3 Å². The van der Waals surface area contributed by atoms with E-state index in [2.05, 4.69) is 17.2 Å². The van der Waals surface area contributed by atoms with E-state index in [1.807, 2.05) is 0 Å². The summed E-state index contributed by atoms with van der Waals surface area (Å²) in [6, 6.07) is 4.54. The second-order valence-corrected chi connectivity index (χ2v) is 5.41. The van der Waals surface area contributed by atoms with Crippen molar-refractivity contribution >= 4 is 11.1 Å². The number of nitrogens with zero attached hydrogens (tertiary/aromatic N) is 1. The topological polar surface area (TPSA) is 38.1 Å². The number of fused-ring (bicyclic) bond motifs is 1. The van der Waals surface area contributed by atoms with Gasteiger partial charge in [-0.15, -0.1) is 0 Å². The van der Waals surface area contributed by atoms with Gasteiger partial charge >= 0.3 is 0 Å². The number of halogens is 1. The molecule has 1 aliphatic rings. The highest BCUT2D eigenvalue weighted by atomic mass is 19.1. The van der Waals surface area contributed by atoms with Gasteiger partial charge in [0.25, 0.3) is 0 Å². The molecule has 2 heterocycles. The van der Waals surface area contributed by atoms with Crippen LogP contribution in [0.4, 0.5) is 4.39 Å². The number of hydrogen-bond donors (Lipinski definition) is 1. The van der Waals surface area contributed by atoms with Gasteiger partial charge in [-0.1, -0.05) is 13.3 Å². The van der Waals surface area contributed by atoms with Crippen LogP contribution in [-0.4, -0.2) is 18.1 Å². The lowest BCUT2D eigenvalue weighted by atomic mass is 9.75. The average Bonchev–Trinajstić information content (AvgIpc) is 2.83.